The summed E-state index contributed by atoms with van der Waals surface area (Å²) in [5, 5.41) is 0. The van der Waals surface area contributed by atoms with Crippen LogP contribution in [0.3, 0.4) is 0 Å². The fourth-order valence-electron chi connectivity index (χ4n) is 3.52. The number of rotatable bonds is 18. The third kappa shape index (κ3) is 28.8. The second-order valence-corrected chi connectivity index (χ2v) is 8.23. The Hall–Kier alpha value is 0.0200. The molecule has 0 aromatic carbocycles. The largest absolute Gasteiger partial charge is 0.692 e. The average Bonchev–Trinajstić information content (AvgIpc) is 2.60. The first-order valence-corrected chi connectivity index (χ1v) is 12.6. The molecule has 0 radical (unpaired) electrons. The molecule has 4 heteroatoms. The minimum absolute atomic E-state index is 1.04. The lowest BCUT2D eigenvalue weighted by Crippen LogP contribution is -2.01. The van der Waals surface area contributed by atoms with Gasteiger partial charge in [-0.1, -0.05) is 136 Å². The molecule has 0 bridgehead atoms. The molecule has 0 unspecified atom stereocenters. The van der Waals surface area contributed by atoms with Crippen LogP contribution in [0, 0.1) is 5.92 Å². The van der Waals surface area contributed by atoms with Crippen molar-refractivity contribution in [3.63, 3.8) is 0 Å². The van der Waals surface area contributed by atoms with Crippen molar-refractivity contribution in [2.24, 2.45) is 5.92 Å². The third-order valence-corrected chi connectivity index (χ3v) is 5.15. The highest BCUT2D eigenvalue weighted by Crippen LogP contribution is 2.23. The summed E-state index contributed by atoms with van der Waals surface area (Å²) in [7, 11) is -2.87. The Morgan fingerprint density at radius 2 is 0.808 bits per heavy atom. The minimum atomic E-state index is -2.87. The lowest BCUT2D eigenvalue weighted by atomic mass is 9.90. The Labute approximate surface area is 165 Å². The van der Waals surface area contributed by atoms with Crippen molar-refractivity contribution in [3.8, 4) is 0 Å². The van der Waals surface area contributed by atoms with Crippen molar-refractivity contribution in [3.05, 3.63) is 0 Å². The van der Waals surface area contributed by atoms with E-state index in [4.69, 9.17) is 14.4 Å². The van der Waals surface area contributed by atoms with Gasteiger partial charge in [-0.05, 0) is 5.92 Å². The Morgan fingerprint density at radius 3 is 1.15 bits per heavy atom. The quantitative estimate of drug-likeness (QED) is 0.182. The Kier molecular flexibility index (Phi) is 27.2. The fourth-order valence-corrected chi connectivity index (χ4v) is 3.52. The van der Waals surface area contributed by atoms with E-state index in [1.807, 2.05) is 0 Å². The normalized spacial score (nSPS) is 10.7. The van der Waals surface area contributed by atoms with Crippen molar-refractivity contribution in [1.29, 1.82) is 0 Å². The lowest BCUT2D eigenvalue weighted by molar-refractivity contribution is 0.376. The average molecular weight is 392 g/mol. The van der Waals surface area contributed by atoms with Gasteiger partial charge >= 0.3 is 8.25 Å². The molecule has 158 valence electrons. The molecular weight excluding hydrogens is 343 g/mol. The second kappa shape index (κ2) is 25.0. The maximum atomic E-state index is 8.70. The van der Waals surface area contributed by atoms with Crippen LogP contribution in [0.4, 0.5) is 0 Å². The first-order chi connectivity index (χ1) is 12.6. The van der Waals surface area contributed by atoms with E-state index in [9.17, 15) is 0 Å². The molecule has 26 heavy (non-hydrogen) atoms. The summed E-state index contributed by atoms with van der Waals surface area (Å²) in [6, 6.07) is 0. The smallest absolute Gasteiger partial charge is 0.134 e. The van der Waals surface area contributed by atoms with E-state index in [0.29, 0.717) is 0 Å². The van der Waals surface area contributed by atoms with Gasteiger partial charge in [0.2, 0.25) is 0 Å². The van der Waals surface area contributed by atoms with E-state index in [1.54, 1.807) is 0 Å². The Morgan fingerprint density at radius 1 is 0.538 bits per heavy atom. The van der Waals surface area contributed by atoms with E-state index in [2.05, 4.69) is 20.8 Å². The number of hydrogen-bond acceptors (Lipinski definition) is 1. The van der Waals surface area contributed by atoms with Crippen LogP contribution in [-0.4, -0.2) is 9.79 Å². The summed E-state index contributed by atoms with van der Waals surface area (Å²) in [6.07, 6.45) is 26.3. The van der Waals surface area contributed by atoms with Gasteiger partial charge in [0.25, 0.3) is 0 Å². The molecule has 0 fully saturated rings. The number of hydrogen-bond donors (Lipinski definition) is 2. The van der Waals surface area contributed by atoms with Crippen molar-refractivity contribution in [1.82, 2.24) is 0 Å². The van der Waals surface area contributed by atoms with Crippen LogP contribution in [0.15, 0.2) is 0 Å². The molecule has 0 spiro atoms. The van der Waals surface area contributed by atoms with Crippen molar-refractivity contribution >= 4 is 8.25 Å². The summed E-state index contributed by atoms with van der Waals surface area (Å²) >= 11 is 0. The van der Waals surface area contributed by atoms with Gasteiger partial charge in [-0.3, -0.25) is 0 Å². The van der Waals surface area contributed by atoms with Gasteiger partial charge in [-0.2, -0.15) is 0 Å². The molecule has 0 aliphatic heterocycles. The minimum Gasteiger partial charge on any atom is -0.134 e. The molecule has 0 saturated carbocycles. The molecular formula is C22H48O3P+. The monoisotopic (exact) mass is 391 g/mol. The lowest BCUT2D eigenvalue weighted by Gasteiger charge is -2.16. The molecule has 0 saturated heterocycles. The van der Waals surface area contributed by atoms with Gasteiger partial charge in [0, 0.05) is 4.57 Å². The first kappa shape index (κ1) is 28.2. The van der Waals surface area contributed by atoms with Crippen LogP contribution in [0.2, 0.25) is 0 Å². The molecule has 0 aromatic rings. The predicted molar refractivity (Wildman–Crippen MR) is 116 cm³/mol. The summed E-state index contributed by atoms with van der Waals surface area (Å²) in [5.74, 6) is 1.04. The van der Waals surface area contributed by atoms with Crippen molar-refractivity contribution in [2.45, 2.75) is 136 Å². The zero-order valence-corrected chi connectivity index (χ0v) is 18.9. The van der Waals surface area contributed by atoms with Gasteiger partial charge in [-0.25, -0.2) is 0 Å². The highest BCUT2D eigenvalue weighted by Gasteiger charge is 2.07. The fraction of sp³-hybridized carbons (Fsp3) is 1.00. The van der Waals surface area contributed by atoms with E-state index < -0.39 is 8.25 Å². The maximum Gasteiger partial charge on any atom is 0.692 e. The van der Waals surface area contributed by atoms with Crippen LogP contribution in [-0.2, 0) is 4.57 Å². The summed E-state index contributed by atoms with van der Waals surface area (Å²) in [6.45, 7) is 6.97. The highest BCUT2D eigenvalue weighted by atomic mass is 31.1. The summed E-state index contributed by atoms with van der Waals surface area (Å²) in [4.78, 5) is 14.2. The predicted octanol–water partition coefficient (Wildman–Crippen LogP) is 8.31. The third-order valence-electron chi connectivity index (χ3n) is 5.15. The Balaban J connectivity index is 0. The Bertz CT molecular complexity index is 260. The summed E-state index contributed by atoms with van der Waals surface area (Å²) in [5.41, 5.74) is 0. The van der Waals surface area contributed by atoms with Crippen LogP contribution < -0.4 is 0 Å². The SMILES string of the molecule is CCCCCCCCCCCCCC(CCCC)CCCC.O=[P+](O)O. The van der Waals surface area contributed by atoms with Crippen molar-refractivity contribution < 1.29 is 14.4 Å². The molecule has 0 aromatic heterocycles. The highest BCUT2D eigenvalue weighted by molar-refractivity contribution is 7.30. The molecule has 2 N–H and O–H groups in total. The molecule has 3 nitrogen and oxygen atoms in total. The van der Waals surface area contributed by atoms with Crippen LogP contribution in [0.25, 0.3) is 0 Å². The molecule has 0 heterocycles. The van der Waals surface area contributed by atoms with Crippen LogP contribution >= 0.6 is 8.25 Å². The summed E-state index contributed by atoms with van der Waals surface area (Å²) < 4.78 is 8.70. The topological polar surface area (TPSA) is 57.5 Å². The number of unbranched alkanes of at least 4 members (excludes halogenated alkanes) is 12. The molecule has 0 aliphatic carbocycles. The van der Waals surface area contributed by atoms with E-state index in [-0.39, 0.29) is 0 Å². The van der Waals surface area contributed by atoms with Crippen LogP contribution in [0.1, 0.15) is 136 Å². The van der Waals surface area contributed by atoms with Crippen molar-refractivity contribution in [2.75, 3.05) is 0 Å². The molecule has 0 rings (SSSR count). The zero-order valence-electron chi connectivity index (χ0n) is 18.1. The molecule has 0 amide bonds. The van der Waals surface area contributed by atoms with Gasteiger partial charge in [-0.15, -0.1) is 9.79 Å². The van der Waals surface area contributed by atoms with E-state index in [0.717, 1.165) is 5.92 Å². The van der Waals surface area contributed by atoms with Gasteiger partial charge in [0.05, 0.1) is 0 Å². The standard InChI is InChI=1S/C22H46.HO3P/c1-4-7-10-11-12-13-14-15-16-17-18-21-22(19-8-5-2)20-9-6-3;1-4(2)3/h22H,4-21H2,1-3H3;(H-,1,2,3)/p+1. The molecule has 0 atom stereocenters. The van der Waals surface area contributed by atoms with Gasteiger partial charge < -0.3 is 0 Å². The zero-order chi connectivity index (χ0) is 19.9. The second-order valence-electron chi connectivity index (χ2n) is 7.73. The maximum absolute atomic E-state index is 8.70. The van der Waals surface area contributed by atoms with Gasteiger partial charge in [0.1, 0.15) is 0 Å². The van der Waals surface area contributed by atoms with Gasteiger partial charge in [0.15, 0.2) is 0 Å². The van der Waals surface area contributed by atoms with Crippen LogP contribution in [0.5, 0.6) is 0 Å². The van der Waals surface area contributed by atoms with E-state index in [1.165, 1.54) is 116 Å². The van der Waals surface area contributed by atoms with E-state index >= 15 is 0 Å². The first-order valence-electron chi connectivity index (χ1n) is 11.4. The molecule has 0 aliphatic rings.